The average Bonchev–Trinajstić information content (AvgIpc) is 3.61. The van der Waals surface area contributed by atoms with Gasteiger partial charge in [0.2, 0.25) is 0 Å². The number of aryl methyl sites for hydroxylation is 1. The van der Waals surface area contributed by atoms with Crippen molar-refractivity contribution in [2.45, 2.75) is 13.5 Å². The monoisotopic (exact) mass is 549 g/mol. The normalized spacial score (nSPS) is 15.2. The first-order chi connectivity index (χ1) is 18.3. The fraction of sp³-hybridized carbons (Fsp3) is 0.222. The highest BCUT2D eigenvalue weighted by Gasteiger charge is 2.21. The highest BCUT2D eigenvalue weighted by molar-refractivity contribution is 7.91. The van der Waals surface area contributed by atoms with E-state index in [0.29, 0.717) is 41.4 Å². The molecule has 0 atom stereocenters. The Morgan fingerprint density at radius 3 is 2.39 bits per heavy atom. The van der Waals surface area contributed by atoms with E-state index in [1.54, 1.807) is 6.07 Å². The molecule has 5 rings (SSSR count). The van der Waals surface area contributed by atoms with E-state index in [1.807, 2.05) is 55.5 Å². The van der Waals surface area contributed by atoms with Crippen LogP contribution in [0.4, 0.5) is 11.4 Å². The molecule has 0 bridgehead atoms. The van der Waals surface area contributed by atoms with Crippen LogP contribution in [0.15, 0.2) is 67.0 Å². The second-order valence-corrected chi connectivity index (χ2v) is 12.6. The number of carbonyl (C=O) groups excluding carboxylic acids is 2. The number of anilines is 2. The third kappa shape index (κ3) is 6.18. The van der Waals surface area contributed by atoms with Gasteiger partial charge in [0.1, 0.15) is 0 Å². The number of aromatic amines is 1. The number of benzene rings is 2. The minimum Gasteiger partial charge on any atom is -0.322 e. The molecule has 9 nitrogen and oxygen atoms in total. The Labute approximate surface area is 224 Å². The molecule has 196 valence electrons. The molecule has 11 heteroatoms. The summed E-state index contributed by atoms with van der Waals surface area (Å²) in [5, 5.41) is 12.3. The summed E-state index contributed by atoms with van der Waals surface area (Å²) in [7, 11) is -2.90. The predicted molar refractivity (Wildman–Crippen MR) is 149 cm³/mol. The molecule has 2 aromatic heterocycles. The van der Waals surface area contributed by atoms with E-state index in [2.05, 4.69) is 25.7 Å². The van der Waals surface area contributed by atoms with Crippen molar-refractivity contribution in [2.75, 3.05) is 35.2 Å². The Kier molecular flexibility index (Phi) is 7.41. The van der Waals surface area contributed by atoms with Crippen LogP contribution < -0.4 is 10.6 Å². The van der Waals surface area contributed by atoms with Crippen LogP contribution in [0, 0.1) is 6.92 Å². The van der Waals surface area contributed by atoms with Crippen molar-refractivity contribution in [2.24, 2.45) is 0 Å². The van der Waals surface area contributed by atoms with E-state index < -0.39 is 9.84 Å². The number of carbonyl (C=O) groups is 2. The Balaban J connectivity index is 1.22. The van der Waals surface area contributed by atoms with Gasteiger partial charge < -0.3 is 10.6 Å². The highest BCUT2D eigenvalue weighted by atomic mass is 32.2. The maximum absolute atomic E-state index is 12.9. The molecule has 1 fully saturated rings. The number of thiophene rings is 1. The molecule has 2 amide bonds. The lowest BCUT2D eigenvalue weighted by atomic mass is 10.1. The lowest BCUT2D eigenvalue weighted by molar-refractivity contribution is 0.102. The lowest BCUT2D eigenvalue weighted by Crippen LogP contribution is -2.39. The molecular weight excluding hydrogens is 522 g/mol. The number of H-pyrrole nitrogens is 1. The Morgan fingerprint density at radius 2 is 1.68 bits per heavy atom. The standard InChI is InChI=1S/C27H27N5O4S2/c1-18-2-5-22(31-26(33)20-15-28-29-16-20)14-23(18)24-8-9-25(37-24)27(34)30-21-6-3-19(4-7-21)17-32-10-12-38(35,36)13-11-32/h2-9,14-16H,10-13,17H2,1H3,(H,28,29)(H,30,34)(H,31,33). The highest BCUT2D eigenvalue weighted by Crippen LogP contribution is 2.33. The lowest BCUT2D eigenvalue weighted by Gasteiger charge is -2.26. The van der Waals surface area contributed by atoms with Gasteiger partial charge in [-0.15, -0.1) is 11.3 Å². The molecule has 0 aliphatic carbocycles. The van der Waals surface area contributed by atoms with Crippen LogP contribution in [0.5, 0.6) is 0 Å². The molecule has 2 aromatic carbocycles. The van der Waals surface area contributed by atoms with Crippen LogP contribution in [-0.4, -0.2) is 59.9 Å². The molecule has 0 spiro atoms. The zero-order valence-corrected chi connectivity index (χ0v) is 22.4. The Bertz CT molecular complexity index is 1550. The minimum absolute atomic E-state index is 0.197. The molecule has 0 radical (unpaired) electrons. The van der Waals surface area contributed by atoms with E-state index in [1.165, 1.54) is 23.7 Å². The third-order valence-electron chi connectivity index (χ3n) is 6.41. The van der Waals surface area contributed by atoms with E-state index in [-0.39, 0.29) is 23.3 Å². The van der Waals surface area contributed by atoms with Crippen LogP contribution in [0.1, 0.15) is 31.2 Å². The van der Waals surface area contributed by atoms with Crippen molar-refractivity contribution in [3.05, 3.63) is 88.6 Å². The number of nitrogens with zero attached hydrogens (tertiary/aromatic N) is 2. The molecule has 3 N–H and O–H groups in total. The first-order valence-corrected chi connectivity index (χ1v) is 14.7. The summed E-state index contributed by atoms with van der Waals surface area (Å²) in [4.78, 5) is 28.9. The van der Waals surface area contributed by atoms with Gasteiger partial charge in [0.15, 0.2) is 9.84 Å². The van der Waals surface area contributed by atoms with Gasteiger partial charge in [0, 0.05) is 42.1 Å². The molecule has 1 aliphatic heterocycles. The maximum atomic E-state index is 12.9. The van der Waals surface area contributed by atoms with Gasteiger partial charge in [0.25, 0.3) is 11.8 Å². The quantitative estimate of drug-likeness (QED) is 0.318. The maximum Gasteiger partial charge on any atom is 0.265 e. The van der Waals surface area contributed by atoms with Gasteiger partial charge in [-0.25, -0.2) is 8.42 Å². The summed E-state index contributed by atoms with van der Waals surface area (Å²) >= 11 is 1.38. The van der Waals surface area contributed by atoms with Crippen LogP contribution >= 0.6 is 11.3 Å². The zero-order valence-electron chi connectivity index (χ0n) is 20.7. The summed E-state index contributed by atoms with van der Waals surface area (Å²) in [6.45, 7) is 3.75. The largest absolute Gasteiger partial charge is 0.322 e. The molecule has 0 saturated carbocycles. The first kappa shape index (κ1) is 25.8. The van der Waals surface area contributed by atoms with Gasteiger partial charge in [0.05, 0.1) is 28.1 Å². The van der Waals surface area contributed by atoms with Crippen molar-refractivity contribution >= 4 is 44.4 Å². The van der Waals surface area contributed by atoms with Crippen molar-refractivity contribution < 1.29 is 18.0 Å². The van der Waals surface area contributed by atoms with Crippen molar-refractivity contribution in [1.29, 1.82) is 0 Å². The Morgan fingerprint density at radius 1 is 0.974 bits per heavy atom. The van der Waals surface area contributed by atoms with Crippen molar-refractivity contribution in [1.82, 2.24) is 15.1 Å². The van der Waals surface area contributed by atoms with Crippen LogP contribution in [0.2, 0.25) is 0 Å². The van der Waals surface area contributed by atoms with Crippen LogP contribution in [0.25, 0.3) is 10.4 Å². The van der Waals surface area contributed by atoms with Crippen molar-refractivity contribution in [3.8, 4) is 10.4 Å². The second kappa shape index (κ2) is 10.9. The van der Waals surface area contributed by atoms with E-state index in [0.717, 1.165) is 21.6 Å². The molecular formula is C27H27N5O4S2. The number of hydrogen-bond donors (Lipinski definition) is 3. The number of hydrogen-bond acceptors (Lipinski definition) is 7. The van der Waals surface area contributed by atoms with E-state index in [4.69, 9.17) is 0 Å². The van der Waals surface area contributed by atoms with Crippen LogP contribution in [0.3, 0.4) is 0 Å². The molecule has 0 unspecified atom stereocenters. The van der Waals surface area contributed by atoms with Crippen molar-refractivity contribution in [3.63, 3.8) is 0 Å². The number of rotatable bonds is 7. The summed E-state index contributed by atoms with van der Waals surface area (Å²) < 4.78 is 23.2. The minimum atomic E-state index is -2.90. The first-order valence-electron chi connectivity index (χ1n) is 12.1. The summed E-state index contributed by atoms with van der Waals surface area (Å²) in [5.41, 5.74) is 4.82. The molecule has 1 saturated heterocycles. The van der Waals surface area contributed by atoms with E-state index in [9.17, 15) is 18.0 Å². The van der Waals surface area contributed by atoms with Gasteiger partial charge in [-0.2, -0.15) is 5.10 Å². The number of nitrogens with one attached hydrogen (secondary N) is 3. The summed E-state index contributed by atoms with van der Waals surface area (Å²) in [6, 6.07) is 17.0. The third-order valence-corrected chi connectivity index (χ3v) is 9.13. The smallest absolute Gasteiger partial charge is 0.265 e. The summed E-state index contributed by atoms with van der Waals surface area (Å²) in [5.74, 6) is -0.0477. The molecule has 1 aliphatic rings. The zero-order chi connectivity index (χ0) is 26.7. The van der Waals surface area contributed by atoms with E-state index >= 15 is 0 Å². The molecule has 4 aromatic rings. The second-order valence-electron chi connectivity index (χ2n) is 9.21. The number of sulfone groups is 1. The topological polar surface area (TPSA) is 124 Å². The number of aromatic nitrogens is 2. The fourth-order valence-corrected chi connectivity index (χ4v) is 6.46. The van der Waals surface area contributed by atoms with Gasteiger partial charge in [-0.3, -0.25) is 19.6 Å². The van der Waals surface area contributed by atoms with Gasteiger partial charge >= 0.3 is 0 Å². The van der Waals surface area contributed by atoms with Gasteiger partial charge in [-0.1, -0.05) is 18.2 Å². The fourth-order valence-electron chi connectivity index (χ4n) is 4.20. The molecule has 38 heavy (non-hydrogen) atoms. The SMILES string of the molecule is Cc1ccc(NC(=O)c2cn[nH]c2)cc1-c1ccc(C(=O)Nc2ccc(CN3CCS(=O)(=O)CC3)cc2)s1. The molecule has 3 heterocycles. The van der Waals surface area contributed by atoms with Crippen LogP contribution in [-0.2, 0) is 16.4 Å². The Hall–Kier alpha value is -3.80. The average molecular weight is 550 g/mol. The number of amides is 2. The predicted octanol–water partition coefficient (Wildman–Crippen LogP) is 4.18. The summed E-state index contributed by atoms with van der Waals surface area (Å²) in [6.07, 6.45) is 3.00. The van der Waals surface area contributed by atoms with Gasteiger partial charge in [-0.05, 0) is 60.0 Å².